The van der Waals surface area contributed by atoms with Crippen molar-refractivity contribution >= 4 is 39.1 Å². The van der Waals surface area contributed by atoms with Crippen LogP contribution in [0.5, 0.6) is 0 Å². The van der Waals surface area contributed by atoms with Gasteiger partial charge in [0, 0.05) is 11.0 Å². The predicted octanol–water partition coefficient (Wildman–Crippen LogP) is 3.95. The normalized spacial score (nSPS) is 18.1. The van der Waals surface area contributed by atoms with Crippen molar-refractivity contribution in [2.24, 2.45) is 11.1 Å². The summed E-state index contributed by atoms with van der Waals surface area (Å²) in [5.74, 6) is -0.000998. The SMILES string of the molecule is NCC1(C(=O)Nc2ccc(Br)cc2Cl)CCCCC1. The molecule has 0 heterocycles. The maximum atomic E-state index is 12.5. The Kier molecular flexibility index (Phi) is 4.87. The van der Waals surface area contributed by atoms with Crippen molar-refractivity contribution in [1.82, 2.24) is 0 Å². The molecule has 19 heavy (non-hydrogen) atoms. The Hall–Kier alpha value is -0.580. The topological polar surface area (TPSA) is 55.1 Å². The molecular weight excluding hydrogens is 328 g/mol. The summed E-state index contributed by atoms with van der Waals surface area (Å²) in [6, 6.07) is 5.43. The third-order valence-electron chi connectivity index (χ3n) is 3.86. The lowest BCUT2D eigenvalue weighted by molar-refractivity contribution is -0.126. The molecule has 0 spiro atoms. The van der Waals surface area contributed by atoms with E-state index in [4.69, 9.17) is 17.3 Å². The zero-order valence-corrected chi connectivity index (χ0v) is 13.1. The first kappa shape index (κ1) is 14.8. The van der Waals surface area contributed by atoms with E-state index < -0.39 is 5.41 Å². The van der Waals surface area contributed by atoms with Gasteiger partial charge in [0.1, 0.15) is 0 Å². The molecule has 0 aliphatic heterocycles. The third kappa shape index (κ3) is 3.30. The van der Waals surface area contributed by atoms with E-state index in [9.17, 15) is 4.79 Å². The summed E-state index contributed by atoms with van der Waals surface area (Å²) < 4.78 is 0.890. The summed E-state index contributed by atoms with van der Waals surface area (Å²) in [6.07, 6.45) is 5.05. The van der Waals surface area contributed by atoms with E-state index in [2.05, 4.69) is 21.2 Å². The Morgan fingerprint density at radius 1 is 1.37 bits per heavy atom. The number of rotatable bonds is 3. The molecular formula is C14H18BrClN2O. The molecule has 1 aromatic carbocycles. The van der Waals surface area contributed by atoms with Gasteiger partial charge in [-0.15, -0.1) is 0 Å². The second-order valence-electron chi connectivity index (χ2n) is 5.12. The van der Waals surface area contributed by atoms with Gasteiger partial charge in [-0.1, -0.05) is 46.8 Å². The molecule has 1 saturated carbocycles. The minimum atomic E-state index is -0.422. The lowest BCUT2D eigenvalue weighted by Crippen LogP contribution is -2.43. The van der Waals surface area contributed by atoms with Gasteiger partial charge < -0.3 is 11.1 Å². The first-order valence-corrected chi connectivity index (χ1v) is 7.71. The molecule has 2 rings (SSSR count). The molecule has 1 aromatic rings. The fourth-order valence-electron chi connectivity index (χ4n) is 2.60. The molecule has 104 valence electrons. The van der Waals surface area contributed by atoms with Crippen LogP contribution in [0, 0.1) is 5.41 Å². The first-order chi connectivity index (χ1) is 9.07. The standard InChI is InChI=1S/C14H18BrClN2O/c15-10-4-5-12(11(16)8-10)18-13(19)14(9-17)6-2-1-3-7-14/h4-5,8H,1-3,6-7,9,17H2,(H,18,19). The van der Waals surface area contributed by atoms with Crippen LogP contribution in [0.25, 0.3) is 0 Å². The monoisotopic (exact) mass is 344 g/mol. The highest BCUT2D eigenvalue weighted by molar-refractivity contribution is 9.10. The van der Waals surface area contributed by atoms with E-state index in [0.29, 0.717) is 17.3 Å². The first-order valence-electron chi connectivity index (χ1n) is 6.54. The molecule has 0 bridgehead atoms. The van der Waals surface area contributed by atoms with Crippen LogP contribution >= 0.6 is 27.5 Å². The Bertz CT molecular complexity index is 473. The Morgan fingerprint density at radius 2 is 2.05 bits per heavy atom. The van der Waals surface area contributed by atoms with Gasteiger partial charge >= 0.3 is 0 Å². The molecule has 1 aliphatic carbocycles. The largest absolute Gasteiger partial charge is 0.329 e. The van der Waals surface area contributed by atoms with Gasteiger partial charge in [-0.3, -0.25) is 4.79 Å². The van der Waals surface area contributed by atoms with E-state index in [1.807, 2.05) is 6.07 Å². The van der Waals surface area contributed by atoms with E-state index in [-0.39, 0.29) is 5.91 Å². The minimum absolute atomic E-state index is 0.000998. The molecule has 0 unspecified atom stereocenters. The van der Waals surface area contributed by atoms with Gasteiger partial charge in [-0.2, -0.15) is 0 Å². The molecule has 0 atom stereocenters. The van der Waals surface area contributed by atoms with Crippen LogP contribution in [-0.2, 0) is 4.79 Å². The molecule has 3 nitrogen and oxygen atoms in total. The number of benzene rings is 1. The van der Waals surface area contributed by atoms with E-state index in [1.165, 1.54) is 6.42 Å². The van der Waals surface area contributed by atoms with Gasteiger partial charge in [0.25, 0.3) is 0 Å². The van der Waals surface area contributed by atoms with E-state index in [0.717, 1.165) is 30.2 Å². The average molecular weight is 346 g/mol. The molecule has 0 radical (unpaired) electrons. The average Bonchev–Trinajstić information content (AvgIpc) is 2.42. The fraction of sp³-hybridized carbons (Fsp3) is 0.500. The van der Waals surface area contributed by atoms with Gasteiger partial charge in [0.05, 0.1) is 16.1 Å². The van der Waals surface area contributed by atoms with Crippen LogP contribution in [0.2, 0.25) is 5.02 Å². The number of anilines is 1. The molecule has 1 aliphatic rings. The third-order valence-corrected chi connectivity index (χ3v) is 4.67. The van der Waals surface area contributed by atoms with Crippen LogP contribution in [0.4, 0.5) is 5.69 Å². The lowest BCUT2D eigenvalue weighted by Gasteiger charge is -2.34. The number of amides is 1. The highest BCUT2D eigenvalue weighted by Crippen LogP contribution is 2.37. The number of nitrogens with one attached hydrogen (secondary N) is 1. The van der Waals surface area contributed by atoms with Crippen molar-refractivity contribution < 1.29 is 4.79 Å². The Labute approximate surface area is 127 Å². The molecule has 0 aromatic heterocycles. The molecule has 0 saturated heterocycles. The molecule has 5 heteroatoms. The fourth-order valence-corrected chi connectivity index (χ4v) is 3.32. The number of carbonyl (C=O) groups is 1. The van der Waals surface area contributed by atoms with Crippen LogP contribution < -0.4 is 11.1 Å². The van der Waals surface area contributed by atoms with Crippen molar-refractivity contribution in [3.05, 3.63) is 27.7 Å². The summed E-state index contributed by atoms with van der Waals surface area (Å²) in [7, 11) is 0. The van der Waals surface area contributed by atoms with Gasteiger partial charge in [-0.05, 0) is 31.0 Å². The highest BCUT2D eigenvalue weighted by Gasteiger charge is 2.38. The van der Waals surface area contributed by atoms with Crippen molar-refractivity contribution in [2.45, 2.75) is 32.1 Å². The number of carbonyl (C=O) groups excluding carboxylic acids is 1. The van der Waals surface area contributed by atoms with Crippen LogP contribution in [0.3, 0.4) is 0 Å². The van der Waals surface area contributed by atoms with Crippen LogP contribution in [0.1, 0.15) is 32.1 Å². The van der Waals surface area contributed by atoms with E-state index in [1.54, 1.807) is 12.1 Å². The van der Waals surface area contributed by atoms with Crippen LogP contribution in [-0.4, -0.2) is 12.5 Å². The highest BCUT2D eigenvalue weighted by atomic mass is 79.9. The Balaban J connectivity index is 2.15. The summed E-state index contributed by atoms with van der Waals surface area (Å²) in [5, 5.41) is 3.46. The number of halogens is 2. The second kappa shape index (κ2) is 6.25. The quantitative estimate of drug-likeness (QED) is 0.871. The number of hydrogen-bond donors (Lipinski definition) is 2. The zero-order chi connectivity index (χ0) is 13.9. The molecule has 1 fully saturated rings. The predicted molar refractivity (Wildman–Crippen MR) is 82.4 cm³/mol. The summed E-state index contributed by atoms with van der Waals surface area (Å²) in [6.45, 7) is 0.396. The lowest BCUT2D eigenvalue weighted by atomic mass is 9.73. The second-order valence-corrected chi connectivity index (χ2v) is 6.45. The maximum Gasteiger partial charge on any atom is 0.231 e. The molecule has 3 N–H and O–H groups in total. The molecule has 1 amide bonds. The number of nitrogens with two attached hydrogens (primary N) is 1. The van der Waals surface area contributed by atoms with Gasteiger partial charge in [-0.25, -0.2) is 0 Å². The van der Waals surface area contributed by atoms with Crippen molar-refractivity contribution in [2.75, 3.05) is 11.9 Å². The minimum Gasteiger partial charge on any atom is -0.329 e. The van der Waals surface area contributed by atoms with E-state index >= 15 is 0 Å². The summed E-state index contributed by atoms with van der Waals surface area (Å²) >= 11 is 9.47. The zero-order valence-electron chi connectivity index (χ0n) is 10.7. The van der Waals surface area contributed by atoms with Crippen molar-refractivity contribution in [1.29, 1.82) is 0 Å². The maximum absolute atomic E-state index is 12.5. The Morgan fingerprint density at radius 3 is 2.63 bits per heavy atom. The number of hydrogen-bond acceptors (Lipinski definition) is 2. The smallest absolute Gasteiger partial charge is 0.231 e. The van der Waals surface area contributed by atoms with Crippen LogP contribution in [0.15, 0.2) is 22.7 Å². The summed E-state index contributed by atoms with van der Waals surface area (Å²) in [5.41, 5.74) is 6.08. The van der Waals surface area contributed by atoms with Crippen molar-refractivity contribution in [3.8, 4) is 0 Å². The van der Waals surface area contributed by atoms with Gasteiger partial charge in [0.15, 0.2) is 0 Å². The summed E-state index contributed by atoms with van der Waals surface area (Å²) in [4.78, 5) is 12.5. The van der Waals surface area contributed by atoms with Gasteiger partial charge in [0.2, 0.25) is 5.91 Å². The van der Waals surface area contributed by atoms with Crippen molar-refractivity contribution in [3.63, 3.8) is 0 Å².